The topological polar surface area (TPSA) is 72.5 Å². The number of aryl methyl sites for hydroxylation is 2. The molecule has 1 aromatic carbocycles. The summed E-state index contributed by atoms with van der Waals surface area (Å²) in [5.74, 6) is 2.53. The lowest BCUT2D eigenvalue weighted by Gasteiger charge is -2.22. The van der Waals surface area contributed by atoms with Gasteiger partial charge in [-0.3, -0.25) is 0 Å². The van der Waals surface area contributed by atoms with Gasteiger partial charge >= 0.3 is 0 Å². The Morgan fingerprint density at radius 1 is 1.23 bits per heavy atom. The van der Waals surface area contributed by atoms with Gasteiger partial charge in [0.1, 0.15) is 18.6 Å². The first-order valence-electron chi connectivity index (χ1n) is 10.1. The quantitative estimate of drug-likeness (QED) is 0.480. The maximum atomic E-state index is 5.28. The second-order valence-corrected chi connectivity index (χ2v) is 7.31. The molecule has 0 aliphatic heterocycles. The van der Waals surface area contributed by atoms with Crippen molar-refractivity contribution >= 4 is 5.96 Å². The highest BCUT2D eigenvalue weighted by Crippen LogP contribution is 2.23. The van der Waals surface area contributed by atoms with E-state index in [2.05, 4.69) is 71.0 Å². The molecule has 0 spiro atoms. The predicted molar refractivity (Wildman–Crippen MR) is 119 cm³/mol. The molecule has 0 atom stereocenters. The SMILES string of the molecule is CCNC(=NCc1nncn1C)N(C)Cc1cc(C)n(-c2ccc(OC)cc2)c1C. The zero-order valence-corrected chi connectivity index (χ0v) is 18.7. The van der Waals surface area contributed by atoms with Crippen LogP contribution in [0.4, 0.5) is 0 Å². The Morgan fingerprint density at radius 3 is 2.57 bits per heavy atom. The molecule has 0 radical (unpaired) electrons. The number of nitrogens with zero attached hydrogens (tertiary/aromatic N) is 6. The van der Waals surface area contributed by atoms with Crippen molar-refractivity contribution in [1.82, 2.24) is 29.5 Å². The van der Waals surface area contributed by atoms with Crippen LogP contribution in [-0.2, 0) is 20.1 Å². The van der Waals surface area contributed by atoms with Crippen LogP contribution in [-0.4, -0.2) is 50.9 Å². The summed E-state index contributed by atoms with van der Waals surface area (Å²) in [6, 6.07) is 10.4. The molecular formula is C22H31N7O. The Morgan fingerprint density at radius 2 is 1.97 bits per heavy atom. The third-order valence-corrected chi connectivity index (χ3v) is 5.15. The summed E-state index contributed by atoms with van der Waals surface area (Å²) >= 11 is 0. The maximum absolute atomic E-state index is 5.28. The summed E-state index contributed by atoms with van der Waals surface area (Å²) in [6.07, 6.45) is 1.69. The van der Waals surface area contributed by atoms with E-state index in [4.69, 9.17) is 9.73 Å². The fourth-order valence-electron chi connectivity index (χ4n) is 3.51. The number of ether oxygens (including phenoxy) is 1. The summed E-state index contributed by atoms with van der Waals surface area (Å²) < 4.78 is 9.44. The smallest absolute Gasteiger partial charge is 0.194 e. The second-order valence-electron chi connectivity index (χ2n) is 7.31. The van der Waals surface area contributed by atoms with Crippen molar-refractivity contribution in [2.24, 2.45) is 12.0 Å². The summed E-state index contributed by atoms with van der Waals surface area (Å²) in [5, 5.41) is 11.4. The van der Waals surface area contributed by atoms with Crippen molar-refractivity contribution in [3.8, 4) is 11.4 Å². The first kappa shape index (κ1) is 21.4. The predicted octanol–water partition coefficient (Wildman–Crippen LogP) is 2.83. The highest BCUT2D eigenvalue weighted by Gasteiger charge is 2.14. The number of benzene rings is 1. The fourth-order valence-corrected chi connectivity index (χ4v) is 3.51. The van der Waals surface area contributed by atoms with Crippen LogP contribution in [0.5, 0.6) is 5.75 Å². The third-order valence-electron chi connectivity index (χ3n) is 5.15. The Labute approximate surface area is 178 Å². The Hall–Kier alpha value is -3.29. The van der Waals surface area contributed by atoms with Gasteiger partial charge in [0.2, 0.25) is 0 Å². The molecule has 160 valence electrons. The molecule has 3 aromatic rings. The number of hydrogen-bond acceptors (Lipinski definition) is 4. The lowest BCUT2D eigenvalue weighted by molar-refractivity contribution is 0.414. The Bertz CT molecular complexity index is 1000. The van der Waals surface area contributed by atoms with Crippen LogP contribution in [0.1, 0.15) is 29.7 Å². The number of nitrogens with one attached hydrogen (secondary N) is 1. The van der Waals surface area contributed by atoms with Crippen molar-refractivity contribution in [3.05, 3.63) is 59.4 Å². The van der Waals surface area contributed by atoms with E-state index < -0.39 is 0 Å². The normalized spacial score (nSPS) is 11.6. The molecule has 0 bridgehead atoms. The van der Waals surface area contributed by atoms with Gasteiger partial charge in [0.05, 0.1) is 7.11 Å². The molecule has 0 aliphatic carbocycles. The van der Waals surface area contributed by atoms with Crippen LogP contribution in [0.15, 0.2) is 41.7 Å². The largest absolute Gasteiger partial charge is 0.497 e. The molecule has 0 unspecified atom stereocenters. The van der Waals surface area contributed by atoms with Crippen molar-refractivity contribution < 1.29 is 4.74 Å². The molecule has 2 aromatic heterocycles. The van der Waals surface area contributed by atoms with Crippen molar-refractivity contribution in [3.63, 3.8) is 0 Å². The van der Waals surface area contributed by atoms with Crippen LogP contribution in [0.25, 0.3) is 5.69 Å². The zero-order chi connectivity index (χ0) is 21.7. The number of rotatable bonds is 7. The monoisotopic (exact) mass is 409 g/mol. The second kappa shape index (κ2) is 9.47. The maximum Gasteiger partial charge on any atom is 0.194 e. The average Bonchev–Trinajstić information content (AvgIpc) is 3.27. The van der Waals surface area contributed by atoms with Crippen LogP contribution >= 0.6 is 0 Å². The number of hydrogen-bond donors (Lipinski definition) is 1. The van der Waals surface area contributed by atoms with E-state index in [1.165, 1.54) is 17.0 Å². The van der Waals surface area contributed by atoms with Crippen LogP contribution in [0.2, 0.25) is 0 Å². The number of aromatic nitrogens is 4. The van der Waals surface area contributed by atoms with E-state index in [-0.39, 0.29) is 0 Å². The lowest BCUT2D eigenvalue weighted by atomic mass is 10.2. The first-order chi connectivity index (χ1) is 14.4. The number of guanidine groups is 1. The van der Waals surface area contributed by atoms with Gasteiger partial charge in [-0.25, -0.2) is 4.99 Å². The van der Waals surface area contributed by atoms with Gasteiger partial charge < -0.3 is 24.1 Å². The molecule has 30 heavy (non-hydrogen) atoms. The van der Waals surface area contributed by atoms with E-state index >= 15 is 0 Å². The number of methoxy groups -OCH3 is 1. The third kappa shape index (κ3) is 4.64. The molecule has 0 fully saturated rings. The lowest BCUT2D eigenvalue weighted by Crippen LogP contribution is -2.38. The summed E-state index contributed by atoms with van der Waals surface area (Å²) in [4.78, 5) is 6.88. The Balaban J connectivity index is 1.80. The standard InChI is InChI=1S/C22H31N7O/c1-7-23-22(24-13-21-26-25-15-28(21)5)27(4)14-18-12-16(2)29(17(18)3)19-8-10-20(30-6)11-9-19/h8-12,15H,7,13-14H2,1-6H3,(H,23,24). The van der Waals surface area contributed by atoms with Crippen LogP contribution in [0, 0.1) is 13.8 Å². The highest BCUT2D eigenvalue weighted by atomic mass is 16.5. The van der Waals surface area contributed by atoms with Gasteiger partial charge in [-0.2, -0.15) is 0 Å². The van der Waals surface area contributed by atoms with E-state index in [0.29, 0.717) is 6.54 Å². The molecular weight excluding hydrogens is 378 g/mol. The molecule has 8 heteroatoms. The molecule has 0 saturated carbocycles. The molecule has 2 heterocycles. The van der Waals surface area contributed by atoms with Gasteiger partial charge in [-0.05, 0) is 56.7 Å². The summed E-state index contributed by atoms with van der Waals surface area (Å²) in [6.45, 7) is 8.39. The van der Waals surface area contributed by atoms with E-state index in [9.17, 15) is 0 Å². The van der Waals surface area contributed by atoms with Crippen LogP contribution in [0.3, 0.4) is 0 Å². The van der Waals surface area contributed by atoms with Gasteiger partial charge in [0.15, 0.2) is 11.8 Å². The minimum Gasteiger partial charge on any atom is -0.497 e. The van der Waals surface area contributed by atoms with Crippen molar-refractivity contribution in [2.75, 3.05) is 20.7 Å². The van der Waals surface area contributed by atoms with Gasteiger partial charge in [-0.15, -0.1) is 10.2 Å². The van der Waals surface area contributed by atoms with Crippen molar-refractivity contribution in [1.29, 1.82) is 0 Å². The summed E-state index contributed by atoms with van der Waals surface area (Å²) in [7, 11) is 5.66. The molecule has 0 aliphatic rings. The van der Waals surface area contributed by atoms with Crippen LogP contribution < -0.4 is 10.1 Å². The van der Waals surface area contributed by atoms with Crippen molar-refractivity contribution in [2.45, 2.75) is 33.9 Å². The Kier molecular flexibility index (Phi) is 6.76. The minimum absolute atomic E-state index is 0.480. The van der Waals surface area contributed by atoms with E-state index in [1.54, 1.807) is 13.4 Å². The van der Waals surface area contributed by atoms with Gasteiger partial charge in [0.25, 0.3) is 0 Å². The fraction of sp³-hybridized carbons (Fsp3) is 0.409. The molecule has 0 amide bonds. The highest BCUT2D eigenvalue weighted by molar-refractivity contribution is 5.79. The summed E-state index contributed by atoms with van der Waals surface area (Å²) in [5.41, 5.74) is 4.80. The molecule has 0 saturated heterocycles. The van der Waals surface area contributed by atoms with Gasteiger partial charge in [0, 0.05) is 44.3 Å². The van der Waals surface area contributed by atoms with E-state index in [1.807, 2.05) is 23.7 Å². The average molecular weight is 410 g/mol. The molecule has 1 N–H and O–H groups in total. The zero-order valence-electron chi connectivity index (χ0n) is 18.7. The number of aliphatic imine (C=N–C) groups is 1. The molecule has 3 rings (SSSR count). The van der Waals surface area contributed by atoms with E-state index in [0.717, 1.165) is 36.3 Å². The van der Waals surface area contributed by atoms with Gasteiger partial charge in [-0.1, -0.05) is 0 Å². The first-order valence-corrected chi connectivity index (χ1v) is 10.1. The molecule has 8 nitrogen and oxygen atoms in total. The minimum atomic E-state index is 0.480.